The van der Waals surface area contributed by atoms with Crippen LogP contribution in [0.5, 0.6) is 0 Å². The molecular weight excluding hydrogens is 344 g/mol. The summed E-state index contributed by atoms with van der Waals surface area (Å²) in [6.07, 6.45) is 17.3. The van der Waals surface area contributed by atoms with Gasteiger partial charge in [-0.1, -0.05) is 108 Å². The van der Waals surface area contributed by atoms with Crippen LogP contribution in [0.4, 0.5) is 0 Å². The number of thioether (sulfide) groups is 1. The molecule has 0 nitrogen and oxygen atoms in total. The fraction of sp³-hybridized carbons (Fsp3) is 0.739. The lowest BCUT2D eigenvalue weighted by Gasteiger charge is -2.02. The number of hydrogen-bond donors (Lipinski definition) is 0. The second-order valence-corrected chi connectivity index (χ2v) is 8.26. The van der Waals surface area contributed by atoms with E-state index in [1.807, 2.05) is 30.3 Å². The molecule has 0 saturated carbocycles. The van der Waals surface area contributed by atoms with Crippen LogP contribution >= 0.6 is 23.4 Å². The molecule has 0 radical (unpaired) electrons. The van der Waals surface area contributed by atoms with Crippen molar-refractivity contribution in [1.82, 2.24) is 0 Å². The molecule has 0 saturated heterocycles. The number of benzene rings is 1. The largest absolute Gasteiger partial charge is 0.162 e. The summed E-state index contributed by atoms with van der Waals surface area (Å²) in [6, 6.07) is 9.96. The summed E-state index contributed by atoms with van der Waals surface area (Å²) in [6.45, 7) is 4.57. The maximum absolute atomic E-state index is 5.53. The molecule has 25 heavy (non-hydrogen) atoms. The smallest absolute Gasteiger partial charge is 0.0474 e. The van der Waals surface area contributed by atoms with Crippen molar-refractivity contribution in [2.24, 2.45) is 0 Å². The normalized spacial score (nSPS) is 10.4. The Bertz CT molecular complexity index is 325. The lowest BCUT2D eigenvalue weighted by molar-refractivity contribution is 0.563. The Labute approximate surface area is 167 Å². The molecule has 2 heteroatoms. The van der Waals surface area contributed by atoms with E-state index < -0.39 is 0 Å². The Balaban J connectivity index is 0.000000593. The molecule has 0 aliphatic carbocycles. The van der Waals surface area contributed by atoms with Gasteiger partial charge in [0, 0.05) is 5.88 Å². The zero-order valence-corrected chi connectivity index (χ0v) is 18.4. The first kappa shape index (κ1) is 24.9. The Kier molecular flexibility index (Phi) is 21.8. The molecule has 0 N–H and O–H groups in total. The molecule has 0 aliphatic heterocycles. The average Bonchev–Trinajstić information content (AvgIpc) is 2.67. The maximum atomic E-state index is 5.53. The van der Waals surface area contributed by atoms with Crippen LogP contribution < -0.4 is 0 Å². The van der Waals surface area contributed by atoms with Crippen LogP contribution in [0.3, 0.4) is 0 Å². The van der Waals surface area contributed by atoms with E-state index in [-0.39, 0.29) is 0 Å². The van der Waals surface area contributed by atoms with E-state index in [4.69, 9.17) is 11.6 Å². The highest BCUT2D eigenvalue weighted by Crippen LogP contribution is 2.13. The minimum absolute atomic E-state index is 0.612. The van der Waals surface area contributed by atoms with E-state index in [1.54, 1.807) is 0 Å². The fourth-order valence-electron chi connectivity index (χ4n) is 2.61. The van der Waals surface area contributed by atoms with Crippen LogP contribution in [0.2, 0.25) is 0 Å². The SMILES string of the molecule is CCCCCCCCCCCCSCCCC.ClCc1ccccc1. The summed E-state index contributed by atoms with van der Waals surface area (Å²) >= 11 is 7.68. The molecule has 0 fully saturated rings. The maximum Gasteiger partial charge on any atom is 0.0474 e. The Morgan fingerprint density at radius 2 is 1.12 bits per heavy atom. The van der Waals surface area contributed by atoms with Crippen LogP contribution in [0.1, 0.15) is 96.5 Å². The van der Waals surface area contributed by atoms with Crippen molar-refractivity contribution in [3.8, 4) is 0 Å². The van der Waals surface area contributed by atoms with Gasteiger partial charge in [-0.05, 0) is 29.9 Å². The minimum atomic E-state index is 0.612. The highest BCUT2D eigenvalue weighted by molar-refractivity contribution is 7.99. The van der Waals surface area contributed by atoms with Gasteiger partial charge in [-0.2, -0.15) is 11.8 Å². The summed E-state index contributed by atoms with van der Waals surface area (Å²) in [5, 5.41) is 0. The van der Waals surface area contributed by atoms with Crippen LogP contribution in [0.15, 0.2) is 30.3 Å². The highest BCUT2D eigenvalue weighted by atomic mass is 35.5. The number of halogens is 1. The first-order chi connectivity index (χ1) is 12.3. The topological polar surface area (TPSA) is 0 Å². The predicted molar refractivity (Wildman–Crippen MR) is 120 cm³/mol. The summed E-state index contributed by atoms with van der Waals surface area (Å²) in [5.41, 5.74) is 1.18. The first-order valence-electron chi connectivity index (χ1n) is 10.5. The Morgan fingerprint density at radius 3 is 1.60 bits per heavy atom. The fourth-order valence-corrected chi connectivity index (χ4v) is 3.89. The molecule has 0 atom stereocenters. The molecule has 0 spiro atoms. The van der Waals surface area contributed by atoms with Crippen LogP contribution in [-0.4, -0.2) is 11.5 Å². The van der Waals surface area contributed by atoms with Crippen molar-refractivity contribution < 1.29 is 0 Å². The van der Waals surface area contributed by atoms with Crippen molar-refractivity contribution in [3.63, 3.8) is 0 Å². The molecule has 0 aromatic heterocycles. The van der Waals surface area contributed by atoms with Crippen molar-refractivity contribution in [3.05, 3.63) is 35.9 Å². The van der Waals surface area contributed by atoms with Gasteiger partial charge in [-0.25, -0.2) is 0 Å². The van der Waals surface area contributed by atoms with Gasteiger partial charge in [-0.3, -0.25) is 0 Å². The average molecular weight is 385 g/mol. The lowest BCUT2D eigenvalue weighted by atomic mass is 10.1. The Hall–Kier alpha value is -0.140. The molecule has 0 amide bonds. The van der Waals surface area contributed by atoms with Crippen LogP contribution in [0, 0.1) is 0 Å². The van der Waals surface area contributed by atoms with Crippen molar-refractivity contribution in [2.45, 2.75) is 96.8 Å². The van der Waals surface area contributed by atoms with Crippen LogP contribution in [0.25, 0.3) is 0 Å². The predicted octanol–water partition coefficient (Wildman–Crippen LogP) is 8.87. The molecule has 0 aliphatic rings. The van der Waals surface area contributed by atoms with Crippen molar-refractivity contribution >= 4 is 23.4 Å². The van der Waals surface area contributed by atoms with E-state index in [2.05, 4.69) is 25.6 Å². The molecule has 1 rings (SSSR count). The van der Waals surface area contributed by atoms with E-state index in [0.717, 1.165) is 0 Å². The molecule has 1 aromatic carbocycles. The summed E-state index contributed by atoms with van der Waals surface area (Å²) in [7, 11) is 0. The van der Waals surface area contributed by atoms with E-state index in [1.165, 1.54) is 94.1 Å². The quantitative estimate of drug-likeness (QED) is 0.215. The molecule has 1 aromatic rings. The zero-order valence-electron chi connectivity index (χ0n) is 16.8. The van der Waals surface area contributed by atoms with Gasteiger partial charge in [0.2, 0.25) is 0 Å². The highest BCUT2D eigenvalue weighted by Gasteiger charge is 1.93. The molecule has 0 bridgehead atoms. The number of unbranched alkanes of at least 4 members (excludes halogenated alkanes) is 10. The monoisotopic (exact) mass is 384 g/mol. The number of rotatable bonds is 15. The van der Waals surface area contributed by atoms with E-state index in [9.17, 15) is 0 Å². The summed E-state index contributed by atoms with van der Waals surface area (Å²) in [4.78, 5) is 0. The molecule has 0 heterocycles. The van der Waals surface area contributed by atoms with Gasteiger partial charge in [0.25, 0.3) is 0 Å². The third kappa shape index (κ3) is 20.0. The second-order valence-electron chi connectivity index (χ2n) is 6.77. The second kappa shape index (κ2) is 21.9. The number of hydrogen-bond acceptors (Lipinski definition) is 1. The zero-order chi connectivity index (χ0) is 18.4. The van der Waals surface area contributed by atoms with E-state index in [0.29, 0.717) is 5.88 Å². The van der Waals surface area contributed by atoms with Crippen molar-refractivity contribution in [1.29, 1.82) is 0 Å². The van der Waals surface area contributed by atoms with Gasteiger partial charge in [0.1, 0.15) is 0 Å². The Morgan fingerprint density at radius 1 is 0.640 bits per heavy atom. The lowest BCUT2D eigenvalue weighted by Crippen LogP contribution is -1.85. The standard InChI is InChI=1S/C16H34S.C7H7Cl/c1-3-5-7-8-9-10-11-12-13-14-16-17-15-6-4-2;8-6-7-4-2-1-3-5-7/h3-16H2,1-2H3;1-5H,6H2. The van der Waals surface area contributed by atoms with Gasteiger partial charge < -0.3 is 0 Å². The molecule has 146 valence electrons. The minimum Gasteiger partial charge on any atom is -0.162 e. The first-order valence-corrected chi connectivity index (χ1v) is 12.2. The molecular formula is C23H41ClS. The van der Waals surface area contributed by atoms with Gasteiger partial charge in [0.05, 0.1) is 0 Å². The van der Waals surface area contributed by atoms with Crippen LogP contribution in [-0.2, 0) is 5.88 Å². The summed E-state index contributed by atoms with van der Waals surface area (Å²) < 4.78 is 0. The van der Waals surface area contributed by atoms with Crippen molar-refractivity contribution in [2.75, 3.05) is 11.5 Å². The van der Waals surface area contributed by atoms with Gasteiger partial charge in [0.15, 0.2) is 0 Å². The molecule has 0 unspecified atom stereocenters. The van der Waals surface area contributed by atoms with E-state index >= 15 is 0 Å². The van der Waals surface area contributed by atoms with Gasteiger partial charge >= 0.3 is 0 Å². The van der Waals surface area contributed by atoms with Gasteiger partial charge in [-0.15, -0.1) is 11.6 Å². The third-order valence-corrected chi connectivity index (χ3v) is 5.74. The summed E-state index contributed by atoms with van der Waals surface area (Å²) in [5.74, 6) is 3.39. The number of alkyl halides is 1. The third-order valence-electron chi connectivity index (χ3n) is 4.28.